The molecule has 1 aromatic carbocycles. The maximum Gasteiger partial charge on any atom is 0.422 e. The molecule has 0 amide bonds. The predicted molar refractivity (Wildman–Crippen MR) is 116 cm³/mol. The predicted octanol–water partition coefficient (Wildman–Crippen LogP) is 4.58. The van der Waals surface area contributed by atoms with Crippen LogP contribution in [0.3, 0.4) is 0 Å². The van der Waals surface area contributed by atoms with Crippen LogP contribution in [0.2, 0.25) is 0 Å². The van der Waals surface area contributed by atoms with Crippen LogP contribution in [-0.2, 0) is 6.54 Å². The molecule has 0 bridgehead atoms. The molecule has 2 rings (SSSR count). The van der Waals surface area contributed by atoms with Gasteiger partial charge < -0.3 is 15.4 Å². The Labute approximate surface area is 180 Å². The highest BCUT2D eigenvalue weighted by Crippen LogP contribution is 2.28. The van der Waals surface area contributed by atoms with Crippen molar-refractivity contribution in [3.05, 3.63) is 29.8 Å². The summed E-state index contributed by atoms with van der Waals surface area (Å²) in [7, 11) is 0. The van der Waals surface area contributed by atoms with Crippen LogP contribution < -0.4 is 15.4 Å². The SMILES string of the molecule is CCNC(=NCc1ccc(OCC(F)(F)F)cc1)NC1CCC(SC)C1.I. The van der Waals surface area contributed by atoms with E-state index in [1.807, 2.05) is 18.7 Å². The number of guanidine groups is 1. The van der Waals surface area contributed by atoms with Gasteiger partial charge >= 0.3 is 6.18 Å². The zero-order valence-corrected chi connectivity index (χ0v) is 18.7. The number of aliphatic imine (C=N–C) groups is 1. The Hall–Kier alpha value is -0.840. The molecule has 2 atom stereocenters. The van der Waals surface area contributed by atoms with E-state index in [0.29, 0.717) is 17.8 Å². The number of hydrogen-bond donors (Lipinski definition) is 2. The van der Waals surface area contributed by atoms with Crippen LogP contribution in [0.5, 0.6) is 5.75 Å². The zero-order chi connectivity index (χ0) is 19.0. The monoisotopic (exact) mass is 517 g/mol. The van der Waals surface area contributed by atoms with Gasteiger partial charge in [0.25, 0.3) is 0 Å². The molecule has 0 radical (unpaired) electrons. The van der Waals surface area contributed by atoms with E-state index in [1.54, 1.807) is 12.1 Å². The fourth-order valence-corrected chi connectivity index (χ4v) is 3.62. The molecule has 0 aliphatic heterocycles. The molecule has 0 aromatic heterocycles. The van der Waals surface area contributed by atoms with Gasteiger partial charge in [0.1, 0.15) is 5.75 Å². The number of alkyl halides is 3. The summed E-state index contributed by atoms with van der Waals surface area (Å²) in [6.07, 6.45) is 1.31. The van der Waals surface area contributed by atoms with Gasteiger partial charge in [0.05, 0.1) is 6.54 Å². The van der Waals surface area contributed by atoms with E-state index in [-0.39, 0.29) is 29.7 Å². The number of nitrogens with zero attached hydrogens (tertiary/aromatic N) is 1. The second-order valence-corrected chi connectivity index (χ2v) is 7.39. The highest BCUT2D eigenvalue weighted by Gasteiger charge is 2.28. The van der Waals surface area contributed by atoms with E-state index >= 15 is 0 Å². The normalized spacial score (nSPS) is 20.1. The summed E-state index contributed by atoms with van der Waals surface area (Å²) < 4.78 is 41.2. The number of thioether (sulfide) groups is 1. The first-order valence-electron chi connectivity index (χ1n) is 8.75. The molecule has 154 valence electrons. The second kappa shape index (κ2) is 11.9. The first-order valence-corrected chi connectivity index (χ1v) is 10.0. The van der Waals surface area contributed by atoms with Crippen molar-refractivity contribution in [2.45, 2.75) is 50.2 Å². The molecule has 2 unspecified atom stereocenters. The van der Waals surface area contributed by atoms with Gasteiger partial charge in [0.15, 0.2) is 12.6 Å². The average molecular weight is 517 g/mol. The maximum atomic E-state index is 12.2. The van der Waals surface area contributed by atoms with Crippen molar-refractivity contribution in [3.8, 4) is 5.75 Å². The lowest BCUT2D eigenvalue weighted by molar-refractivity contribution is -0.153. The summed E-state index contributed by atoms with van der Waals surface area (Å²) in [5.41, 5.74) is 0.912. The zero-order valence-electron chi connectivity index (χ0n) is 15.5. The van der Waals surface area contributed by atoms with E-state index in [0.717, 1.165) is 30.9 Å². The molecule has 1 aromatic rings. The first-order chi connectivity index (χ1) is 12.4. The molecule has 4 nitrogen and oxygen atoms in total. The average Bonchev–Trinajstić information content (AvgIpc) is 3.06. The molecule has 0 heterocycles. The molecule has 1 aliphatic rings. The van der Waals surface area contributed by atoms with Crippen LogP contribution in [0.15, 0.2) is 29.3 Å². The van der Waals surface area contributed by atoms with Crippen LogP contribution in [0, 0.1) is 0 Å². The highest BCUT2D eigenvalue weighted by molar-refractivity contribution is 14.0. The minimum Gasteiger partial charge on any atom is -0.484 e. The van der Waals surface area contributed by atoms with Crippen molar-refractivity contribution in [1.29, 1.82) is 0 Å². The molecule has 2 N–H and O–H groups in total. The molecule has 9 heteroatoms. The van der Waals surface area contributed by atoms with Crippen molar-refractivity contribution < 1.29 is 17.9 Å². The van der Waals surface area contributed by atoms with Crippen molar-refractivity contribution in [3.63, 3.8) is 0 Å². The second-order valence-electron chi connectivity index (χ2n) is 6.25. The van der Waals surface area contributed by atoms with Crippen molar-refractivity contribution in [2.24, 2.45) is 4.99 Å². The quantitative estimate of drug-likeness (QED) is 0.316. The number of rotatable bonds is 7. The van der Waals surface area contributed by atoms with Crippen LogP contribution in [0.1, 0.15) is 31.7 Å². The Bertz CT molecular complexity index is 584. The van der Waals surface area contributed by atoms with Crippen molar-refractivity contribution in [1.82, 2.24) is 10.6 Å². The fraction of sp³-hybridized carbons (Fsp3) is 0.611. The first kappa shape index (κ1) is 24.2. The topological polar surface area (TPSA) is 45.7 Å². The Morgan fingerprint density at radius 1 is 1.26 bits per heavy atom. The van der Waals surface area contributed by atoms with E-state index < -0.39 is 12.8 Å². The summed E-state index contributed by atoms with van der Waals surface area (Å²) in [5, 5.41) is 7.43. The molecule has 0 spiro atoms. The minimum absolute atomic E-state index is 0. The number of ether oxygens (including phenoxy) is 1. The molecule has 1 fully saturated rings. The molecule has 27 heavy (non-hydrogen) atoms. The van der Waals surface area contributed by atoms with E-state index in [1.165, 1.54) is 18.6 Å². The lowest BCUT2D eigenvalue weighted by atomic mass is 10.2. The van der Waals surface area contributed by atoms with Crippen molar-refractivity contribution in [2.75, 3.05) is 19.4 Å². The highest BCUT2D eigenvalue weighted by atomic mass is 127. The Morgan fingerprint density at radius 2 is 1.96 bits per heavy atom. The number of benzene rings is 1. The van der Waals surface area contributed by atoms with E-state index in [2.05, 4.69) is 21.9 Å². The van der Waals surface area contributed by atoms with Gasteiger partial charge in [-0.3, -0.25) is 0 Å². The fourth-order valence-electron chi connectivity index (χ4n) is 2.83. The van der Waals surface area contributed by atoms with Gasteiger partial charge in [-0.2, -0.15) is 24.9 Å². The van der Waals surface area contributed by atoms with Crippen LogP contribution in [-0.4, -0.2) is 42.8 Å². The van der Waals surface area contributed by atoms with E-state index in [4.69, 9.17) is 4.74 Å². The Balaban J connectivity index is 0.00000364. The minimum atomic E-state index is -4.33. The third-order valence-corrected chi connectivity index (χ3v) is 5.24. The smallest absolute Gasteiger partial charge is 0.422 e. The summed E-state index contributed by atoms with van der Waals surface area (Å²) in [4.78, 5) is 4.58. The largest absolute Gasteiger partial charge is 0.484 e. The van der Waals surface area contributed by atoms with Gasteiger partial charge in [0, 0.05) is 17.8 Å². The summed E-state index contributed by atoms with van der Waals surface area (Å²) in [6.45, 7) is 1.96. The molecular formula is C18H27F3IN3OS. The van der Waals surface area contributed by atoms with Gasteiger partial charge in [-0.25, -0.2) is 4.99 Å². The van der Waals surface area contributed by atoms with Gasteiger partial charge in [-0.15, -0.1) is 24.0 Å². The summed E-state index contributed by atoms with van der Waals surface area (Å²) in [6, 6.07) is 6.98. The van der Waals surface area contributed by atoms with Gasteiger partial charge in [-0.1, -0.05) is 12.1 Å². The standard InChI is InChI=1S/C18H26F3N3OS.HI/c1-3-22-17(24-14-6-9-16(10-14)26-2)23-11-13-4-7-15(8-5-13)25-12-18(19,20)21;/h4-5,7-8,14,16H,3,6,9-12H2,1-2H3,(H2,22,23,24);1H. The molecule has 1 saturated carbocycles. The van der Waals surface area contributed by atoms with Crippen molar-refractivity contribution >= 4 is 41.7 Å². The van der Waals surface area contributed by atoms with Crippen LogP contribution >= 0.6 is 35.7 Å². The molecular weight excluding hydrogens is 490 g/mol. The summed E-state index contributed by atoms with van der Waals surface area (Å²) >= 11 is 1.91. The Kier molecular flexibility index (Phi) is 10.6. The number of nitrogens with one attached hydrogen (secondary N) is 2. The Morgan fingerprint density at radius 3 is 2.52 bits per heavy atom. The molecule has 1 aliphatic carbocycles. The van der Waals surface area contributed by atoms with Gasteiger partial charge in [0.2, 0.25) is 0 Å². The molecule has 0 saturated heterocycles. The van der Waals surface area contributed by atoms with Gasteiger partial charge in [-0.05, 0) is 50.1 Å². The summed E-state index contributed by atoms with van der Waals surface area (Å²) in [5.74, 6) is 0.978. The lowest BCUT2D eigenvalue weighted by Gasteiger charge is -2.17. The lowest BCUT2D eigenvalue weighted by Crippen LogP contribution is -2.42. The third kappa shape index (κ3) is 9.27. The number of halogens is 4. The number of hydrogen-bond acceptors (Lipinski definition) is 3. The van der Waals surface area contributed by atoms with Crippen LogP contribution in [0.4, 0.5) is 13.2 Å². The van der Waals surface area contributed by atoms with Crippen LogP contribution in [0.25, 0.3) is 0 Å². The third-order valence-electron chi connectivity index (χ3n) is 4.15. The maximum absolute atomic E-state index is 12.2. The van der Waals surface area contributed by atoms with E-state index in [9.17, 15) is 13.2 Å².